The molecule has 0 aliphatic rings. The second-order valence-corrected chi connectivity index (χ2v) is 3.74. The number of ether oxygens (including phenoxy) is 1. The molecule has 0 fully saturated rings. The van der Waals surface area contributed by atoms with E-state index in [2.05, 4.69) is 59.8 Å². The fourth-order valence-corrected chi connectivity index (χ4v) is 1.41. The molecule has 0 aliphatic heterocycles. The van der Waals surface area contributed by atoms with Gasteiger partial charge in [0.15, 0.2) is 0 Å². The van der Waals surface area contributed by atoms with Crippen molar-refractivity contribution in [2.75, 3.05) is 0 Å². The van der Waals surface area contributed by atoms with E-state index >= 15 is 0 Å². The topological polar surface area (TPSA) is 35.2 Å². The van der Waals surface area contributed by atoms with Gasteiger partial charge in [0.1, 0.15) is 6.23 Å². The molecule has 0 radical (unpaired) electrons. The number of hydrogen-bond acceptors (Lipinski definition) is 2. The molecule has 1 unspecified atom stereocenters. The predicted molar refractivity (Wildman–Crippen MR) is 76.8 cm³/mol. The first-order valence-electron chi connectivity index (χ1n) is 5.86. The highest BCUT2D eigenvalue weighted by Gasteiger charge is 1.91. The van der Waals surface area contributed by atoms with Crippen LogP contribution in [0, 0.1) is 0 Å². The molecule has 0 spiro atoms. The maximum Gasteiger partial charge on any atom is 0.143 e. The Balaban J connectivity index is 0.000000232. The van der Waals surface area contributed by atoms with E-state index in [4.69, 9.17) is 5.73 Å². The summed E-state index contributed by atoms with van der Waals surface area (Å²) in [7, 11) is 0. The third-order valence-corrected chi connectivity index (χ3v) is 2.19. The molecule has 0 aliphatic carbocycles. The van der Waals surface area contributed by atoms with Gasteiger partial charge >= 0.3 is 0 Å². The van der Waals surface area contributed by atoms with Crippen LogP contribution in [0.5, 0.6) is 0 Å². The van der Waals surface area contributed by atoms with Gasteiger partial charge in [0, 0.05) is 0 Å². The van der Waals surface area contributed by atoms with Crippen molar-refractivity contribution >= 4 is 0 Å². The first-order chi connectivity index (χ1) is 8.74. The summed E-state index contributed by atoms with van der Waals surface area (Å²) in [4.78, 5) is 0. The molecule has 94 valence electrons. The van der Waals surface area contributed by atoms with Gasteiger partial charge in [-0.15, -0.1) is 0 Å². The Morgan fingerprint density at radius 2 is 1.33 bits per heavy atom. The zero-order chi connectivity index (χ0) is 13.2. The number of benzene rings is 2. The van der Waals surface area contributed by atoms with Gasteiger partial charge in [-0.05, 0) is 18.1 Å². The standard InChI is InChI=1S/C12H10.C4H9NO/c1-3-7-11(8-4-1)12-9-5-2-6-10-12;1-3-6-4(2)5/h1-10H;3-4H,1,5H2,2H3. The Bertz CT molecular complexity index is 400. The summed E-state index contributed by atoms with van der Waals surface area (Å²) in [6, 6.07) is 20.8. The van der Waals surface area contributed by atoms with Crippen LogP contribution in [0.25, 0.3) is 11.1 Å². The van der Waals surface area contributed by atoms with E-state index in [9.17, 15) is 0 Å². The fourth-order valence-electron chi connectivity index (χ4n) is 1.41. The SMILES string of the molecule is C=COC(C)N.c1ccc(-c2ccccc2)cc1. The van der Waals surface area contributed by atoms with Crippen molar-refractivity contribution < 1.29 is 4.74 Å². The van der Waals surface area contributed by atoms with Crippen molar-refractivity contribution in [1.82, 2.24) is 0 Å². The fraction of sp³-hybridized carbons (Fsp3) is 0.125. The van der Waals surface area contributed by atoms with Crippen LogP contribution in [0.15, 0.2) is 73.5 Å². The van der Waals surface area contributed by atoms with Crippen LogP contribution in [0.2, 0.25) is 0 Å². The lowest BCUT2D eigenvalue weighted by atomic mass is 10.1. The van der Waals surface area contributed by atoms with Crippen molar-refractivity contribution in [2.45, 2.75) is 13.2 Å². The van der Waals surface area contributed by atoms with E-state index in [0.29, 0.717) is 0 Å². The molecular formula is C16H19NO. The normalized spacial score (nSPS) is 10.8. The molecule has 0 aromatic heterocycles. The van der Waals surface area contributed by atoms with Gasteiger partial charge in [-0.25, -0.2) is 0 Å². The third-order valence-electron chi connectivity index (χ3n) is 2.19. The van der Waals surface area contributed by atoms with Crippen molar-refractivity contribution in [3.63, 3.8) is 0 Å². The summed E-state index contributed by atoms with van der Waals surface area (Å²) >= 11 is 0. The second-order valence-electron chi connectivity index (χ2n) is 3.74. The van der Waals surface area contributed by atoms with Crippen LogP contribution < -0.4 is 5.73 Å². The van der Waals surface area contributed by atoms with Crippen molar-refractivity contribution in [2.24, 2.45) is 5.73 Å². The van der Waals surface area contributed by atoms with Crippen molar-refractivity contribution in [1.29, 1.82) is 0 Å². The highest BCUT2D eigenvalue weighted by atomic mass is 16.5. The highest BCUT2D eigenvalue weighted by molar-refractivity contribution is 5.62. The zero-order valence-electron chi connectivity index (χ0n) is 10.6. The molecule has 0 saturated carbocycles. The molecule has 2 N–H and O–H groups in total. The zero-order valence-corrected chi connectivity index (χ0v) is 10.6. The molecule has 2 aromatic rings. The van der Waals surface area contributed by atoms with Crippen LogP contribution >= 0.6 is 0 Å². The van der Waals surface area contributed by atoms with Gasteiger partial charge in [-0.1, -0.05) is 67.2 Å². The van der Waals surface area contributed by atoms with Crippen LogP contribution in [-0.4, -0.2) is 6.23 Å². The molecule has 2 aromatic carbocycles. The van der Waals surface area contributed by atoms with Crippen LogP contribution in [0.4, 0.5) is 0 Å². The lowest BCUT2D eigenvalue weighted by Crippen LogP contribution is -2.15. The molecule has 0 bridgehead atoms. The van der Waals surface area contributed by atoms with E-state index < -0.39 is 0 Å². The first kappa shape index (κ1) is 14.0. The molecule has 2 nitrogen and oxygen atoms in total. The number of nitrogens with two attached hydrogens (primary N) is 1. The largest absolute Gasteiger partial charge is 0.484 e. The number of rotatable bonds is 3. The summed E-state index contributed by atoms with van der Waals surface area (Å²) in [6.07, 6.45) is 1.10. The molecule has 0 heterocycles. The van der Waals surface area contributed by atoms with Gasteiger partial charge in [-0.3, -0.25) is 5.73 Å². The van der Waals surface area contributed by atoms with E-state index in [1.54, 1.807) is 6.92 Å². The molecule has 2 heteroatoms. The Morgan fingerprint density at radius 1 is 0.944 bits per heavy atom. The van der Waals surface area contributed by atoms with E-state index in [-0.39, 0.29) is 6.23 Å². The first-order valence-corrected chi connectivity index (χ1v) is 5.86. The maximum atomic E-state index is 5.11. The molecule has 0 saturated heterocycles. The van der Waals surface area contributed by atoms with Gasteiger partial charge in [0.25, 0.3) is 0 Å². The third kappa shape index (κ3) is 5.32. The minimum Gasteiger partial charge on any atom is -0.484 e. The average molecular weight is 241 g/mol. The minimum atomic E-state index is -0.220. The Morgan fingerprint density at radius 3 is 1.56 bits per heavy atom. The number of hydrogen-bond donors (Lipinski definition) is 1. The quantitative estimate of drug-likeness (QED) is 0.655. The molecular weight excluding hydrogens is 222 g/mol. The Labute approximate surface area is 109 Å². The molecule has 0 amide bonds. The maximum absolute atomic E-state index is 5.11. The summed E-state index contributed by atoms with van der Waals surface area (Å²) < 4.78 is 4.58. The van der Waals surface area contributed by atoms with Crippen molar-refractivity contribution in [3.8, 4) is 11.1 Å². The van der Waals surface area contributed by atoms with E-state index in [1.807, 2.05) is 12.1 Å². The molecule has 1 atom stereocenters. The summed E-state index contributed by atoms with van der Waals surface area (Å²) in [5, 5.41) is 0. The van der Waals surface area contributed by atoms with E-state index in [0.717, 1.165) is 0 Å². The molecule has 18 heavy (non-hydrogen) atoms. The van der Waals surface area contributed by atoms with Gasteiger partial charge in [0.2, 0.25) is 0 Å². The Hall–Kier alpha value is -2.06. The monoisotopic (exact) mass is 241 g/mol. The van der Waals surface area contributed by atoms with Crippen LogP contribution in [0.3, 0.4) is 0 Å². The highest BCUT2D eigenvalue weighted by Crippen LogP contribution is 2.17. The van der Waals surface area contributed by atoms with Crippen LogP contribution in [0.1, 0.15) is 6.92 Å². The lowest BCUT2D eigenvalue weighted by molar-refractivity contribution is 0.169. The average Bonchev–Trinajstić information content (AvgIpc) is 2.41. The predicted octanol–water partition coefficient (Wildman–Crippen LogP) is 3.80. The second kappa shape index (κ2) is 8.09. The van der Waals surface area contributed by atoms with Gasteiger partial charge in [0.05, 0.1) is 6.26 Å². The van der Waals surface area contributed by atoms with Crippen molar-refractivity contribution in [3.05, 3.63) is 73.5 Å². The van der Waals surface area contributed by atoms with Crippen LogP contribution in [-0.2, 0) is 4.74 Å². The Kier molecular flexibility index (Phi) is 6.30. The van der Waals surface area contributed by atoms with Gasteiger partial charge < -0.3 is 4.74 Å². The summed E-state index contributed by atoms with van der Waals surface area (Å²) in [5.41, 5.74) is 7.66. The summed E-state index contributed by atoms with van der Waals surface area (Å²) in [6.45, 7) is 5.04. The van der Waals surface area contributed by atoms with E-state index in [1.165, 1.54) is 17.4 Å². The lowest BCUT2D eigenvalue weighted by Gasteiger charge is -1.99. The van der Waals surface area contributed by atoms with Gasteiger partial charge in [-0.2, -0.15) is 0 Å². The smallest absolute Gasteiger partial charge is 0.143 e. The minimum absolute atomic E-state index is 0.220. The summed E-state index contributed by atoms with van der Waals surface area (Å²) in [5.74, 6) is 0. The molecule has 2 rings (SSSR count).